The summed E-state index contributed by atoms with van der Waals surface area (Å²) >= 11 is 0. The fraction of sp³-hybridized carbons (Fsp3) is 0.400. The lowest BCUT2D eigenvalue weighted by Crippen LogP contribution is -2.42. The number of anilines is 2. The smallest absolute Gasteiger partial charge is 0.394 e. The summed E-state index contributed by atoms with van der Waals surface area (Å²) in [5.74, 6) is 0. The number of hydrogen-bond donors (Lipinski definition) is 4. The molecule has 12 heteroatoms. The summed E-state index contributed by atoms with van der Waals surface area (Å²) in [6.07, 6.45) is 1.11. The van der Waals surface area contributed by atoms with Gasteiger partial charge in [-0.15, -0.1) is 4.83 Å². The van der Waals surface area contributed by atoms with E-state index in [1.54, 1.807) is 6.07 Å². The highest BCUT2D eigenvalue weighted by Crippen LogP contribution is 2.24. The Kier molecular flexibility index (Phi) is 9.21. The number of nitrogens with zero attached hydrogens (tertiary/aromatic N) is 1. The first-order valence-corrected chi connectivity index (χ1v) is 8.94. The first-order chi connectivity index (χ1) is 9.35. The number of hydrogen-bond acceptors (Lipinski definition) is 6. The molecular weight excluding hydrogens is 338 g/mol. The predicted octanol–water partition coefficient (Wildman–Crippen LogP) is -0.610. The molecule has 0 heterocycles. The molecule has 10 nitrogen and oxygen atoms in total. The Balaban J connectivity index is 0. The summed E-state index contributed by atoms with van der Waals surface area (Å²) in [7, 11) is -7.96. The van der Waals surface area contributed by atoms with E-state index < -0.39 is 20.4 Å². The van der Waals surface area contributed by atoms with Gasteiger partial charge in [0, 0.05) is 6.54 Å². The van der Waals surface area contributed by atoms with Crippen LogP contribution in [0.3, 0.4) is 0 Å². The Morgan fingerprint density at radius 1 is 1.23 bits per heavy atom. The van der Waals surface area contributed by atoms with E-state index in [0.717, 1.165) is 11.8 Å². The van der Waals surface area contributed by atoms with Crippen molar-refractivity contribution in [3.05, 3.63) is 23.8 Å². The molecule has 0 saturated heterocycles. The first kappa shape index (κ1) is 22.8. The van der Waals surface area contributed by atoms with Gasteiger partial charge in [0.1, 0.15) is 0 Å². The Morgan fingerprint density at radius 3 is 2.05 bits per heavy atom. The standard InChI is InChI=1S/C10H17N3O2S.H2O4S.H2O/c1-4-13(12-16(3,14)15)9-7-5-6-8(2)10(9)11;1-5(2,3)4;/h5-7,12H,4,11H2,1-3H3;(H2,1,2,3,4);1H2. The van der Waals surface area contributed by atoms with Crippen LogP contribution in [-0.2, 0) is 20.4 Å². The van der Waals surface area contributed by atoms with Crippen molar-refractivity contribution in [2.45, 2.75) is 13.8 Å². The SMILES string of the molecule is CCN(NS(C)(=O)=O)c1cccc(C)c1N.O.O=S(=O)(O)O. The second kappa shape index (κ2) is 8.87. The second-order valence-electron chi connectivity index (χ2n) is 4.06. The van der Waals surface area contributed by atoms with Crippen molar-refractivity contribution >= 4 is 31.8 Å². The third-order valence-electron chi connectivity index (χ3n) is 2.18. The fourth-order valence-electron chi connectivity index (χ4n) is 1.38. The summed E-state index contributed by atoms with van der Waals surface area (Å²) in [5, 5.41) is 1.51. The van der Waals surface area contributed by atoms with Crippen LogP contribution in [0.15, 0.2) is 18.2 Å². The van der Waals surface area contributed by atoms with Gasteiger partial charge in [-0.3, -0.25) is 14.1 Å². The lowest BCUT2D eigenvalue weighted by atomic mass is 10.1. The van der Waals surface area contributed by atoms with Crippen molar-refractivity contribution < 1.29 is 31.4 Å². The third-order valence-corrected chi connectivity index (χ3v) is 2.74. The van der Waals surface area contributed by atoms with Gasteiger partial charge in [-0.05, 0) is 25.5 Å². The van der Waals surface area contributed by atoms with Gasteiger partial charge in [-0.1, -0.05) is 12.1 Å². The van der Waals surface area contributed by atoms with Crippen LogP contribution in [0.25, 0.3) is 0 Å². The zero-order valence-electron chi connectivity index (χ0n) is 12.3. The molecule has 0 amide bonds. The van der Waals surface area contributed by atoms with Gasteiger partial charge in [-0.2, -0.15) is 8.42 Å². The third kappa shape index (κ3) is 10.3. The molecule has 130 valence electrons. The van der Waals surface area contributed by atoms with Crippen molar-refractivity contribution in [3.63, 3.8) is 0 Å². The summed E-state index contributed by atoms with van der Waals surface area (Å²) in [6.45, 7) is 4.23. The number of benzene rings is 1. The molecule has 0 spiro atoms. The maximum atomic E-state index is 11.2. The van der Waals surface area contributed by atoms with Crippen molar-refractivity contribution in [1.82, 2.24) is 4.83 Å². The summed E-state index contributed by atoms with van der Waals surface area (Å²) in [5.41, 5.74) is 8.08. The Hall–Kier alpha value is -1.44. The number of sulfonamides is 1. The summed E-state index contributed by atoms with van der Waals surface area (Å²) < 4.78 is 53.9. The minimum Gasteiger partial charge on any atom is -0.412 e. The Morgan fingerprint density at radius 2 is 1.68 bits per heavy atom. The van der Waals surface area contributed by atoms with Crippen molar-refractivity contribution in [3.8, 4) is 0 Å². The molecule has 0 aliphatic rings. The second-order valence-corrected chi connectivity index (χ2v) is 6.69. The van der Waals surface area contributed by atoms with Gasteiger partial charge >= 0.3 is 10.4 Å². The molecule has 0 atom stereocenters. The molecule has 0 aromatic heterocycles. The molecule has 0 aliphatic heterocycles. The lowest BCUT2D eigenvalue weighted by molar-refractivity contribution is 0.381. The van der Waals surface area contributed by atoms with Gasteiger partial charge < -0.3 is 11.2 Å². The molecule has 0 fully saturated rings. The van der Waals surface area contributed by atoms with Crippen LogP contribution in [0, 0.1) is 6.92 Å². The molecule has 1 aromatic rings. The van der Waals surface area contributed by atoms with Crippen LogP contribution >= 0.6 is 0 Å². The predicted molar refractivity (Wildman–Crippen MR) is 84.4 cm³/mol. The molecule has 0 radical (unpaired) electrons. The summed E-state index contributed by atoms with van der Waals surface area (Å²) in [6, 6.07) is 5.50. The van der Waals surface area contributed by atoms with E-state index in [2.05, 4.69) is 4.83 Å². The van der Waals surface area contributed by atoms with Crippen LogP contribution in [0.5, 0.6) is 0 Å². The zero-order chi connectivity index (χ0) is 16.8. The number of para-hydroxylation sites is 1. The number of aryl methyl sites for hydroxylation is 1. The molecule has 0 unspecified atom stereocenters. The van der Waals surface area contributed by atoms with Gasteiger partial charge in [0.2, 0.25) is 10.0 Å². The maximum absolute atomic E-state index is 11.2. The number of nitrogen functional groups attached to an aromatic ring is 1. The normalized spacial score (nSPS) is 11.0. The number of rotatable bonds is 4. The quantitative estimate of drug-likeness (QED) is 0.312. The molecule has 1 rings (SSSR count). The Bertz CT molecular complexity index is 666. The van der Waals surface area contributed by atoms with E-state index in [9.17, 15) is 8.42 Å². The maximum Gasteiger partial charge on any atom is 0.394 e. The average Bonchev–Trinajstić information content (AvgIpc) is 2.26. The monoisotopic (exact) mass is 359 g/mol. The highest BCUT2D eigenvalue weighted by atomic mass is 32.3. The molecule has 0 saturated carbocycles. The minimum atomic E-state index is -4.67. The fourth-order valence-corrected chi connectivity index (χ4v) is 2.01. The highest BCUT2D eigenvalue weighted by Gasteiger charge is 2.13. The number of hydrazine groups is 1. The van der Waals surface area contributed by atoms with Gasteiger partial charge in [0.05, 0.1) is 17.6 Å². The zero-order valence-corrected chi connectivity index (χ0v) is 13.9. The molecule has 0 aliphatic carbocycles. The molecular formula is C10H21N3O7S2. The van der Waals surface area contributed by atoms with Crippen LogP contribution in [-0.4, -0.2) is 44.2 Å². The Labute approximate surface area is 129 Å². The van der Waals surface area contributed by atoms with E-state index in [0.29, 0.717) is 17.9 Å². The van der Waals surface area contributed by atoms with Crippen LogP contribution in [0.1, 0.15) is 12.5 Å². The van der Waals surface area contributed by atoms with Gasteiger partial charge in [0.25, 0.3) is 0 Å². The molecule has 0 bridgehead atoms. The highest BCUT2D eigenvalue weighted by molar-refractivity contribution is 7.88. The van der Waals surface area contributed by atoms with E-state index in [-0.39, 0.29) is 5.48 Å². The van der Waals surface area contributed by atoms with Crippen molar-refractivity contribution in [1.29, 1.82) is 0 Å². The summed E-state index contributed by atoms with van der Waals surface area (Å²) in [4.78, 5) is 2.42. The van der Waals surface area contributed by atoms with Gasteiger partial charge in [-0.25, -0.2) is 8.42 Å². The first-order valence-electron chi connectivity index (χ1n) is 5.65. The van der Waals surface area contributed by atoms with Crippen LogP contribution in [0.4, 0.5) is 11.4 Å². The van der Waals surface area contributed by atoms with E-state index in [4.69, 9.17) is 23.3 Å². The molecule has 22 heavy (non-hydrogen) atoms. The minimum absolute atomic E-state index is 0. The van der Waals surface area contributed by atoms with E-state index in [1.807, 2.05) is 26.0 Å². The molecule has 1 aromatic carbocycles. The van der Waals surface area contributed by atoms with Crippen molar-refractivity contribution in [2.75, 3.05) is 23.5 Å². The number of nitrogens with two attached hydrogens (primary N) is 1. The average molecular weight is 359 g/mol. The van der Waals surface area contributed by atoms with Gasteiger partial charge in [0.15, 0.2) is 0 Å². The van der Waals surface area contributed by atoms with E-state index >= 15 is 0 Å². The van der Waals surface area contributed by atoms with Crippen molar-refractivity contribution in [2.24, 2.45) is 0 Å². The number of nitrogens with one attached hydrogen (secondary N) is 1. The topological polar surface area (TPSA) is 182 Å². The molecule has 7 N–H and O–H groups in total. The largest absolute Gasteiger partial charge is 0.412 e. The van der Waals surface area contributed by atoms with Crippen LogP contribution in [0.2, 0.25) is 0 Å². The van der Waals surface area contributed by atoms with Crippen LogP contribution < -0.4 is 15.6 Å². The van der Waals surface area contributed by atoms with E-state index in [1.165, 1.54) is 5.01 Å². The lowest BCUT2D eigenvalue weighted by Gasteiger charge is -2.24.